The lowest BCUT2D eigenvalue weighted by Gasteiger charge is -2.10. The van der Waals surface area contributed by atoms with Crippen LogP contribution in [0.5, 0.6) is 0 Å². The first-order valence-corrected chi connectivity index (χ1v) is 7.30. The highest BCUT2D eigenvalue weighted by atomic mass is 14.1. The second-order valence-electron chi connectivity index (χ2n) is 5.56. The summed E-state index contributed by atoms with van der Waals surface area (Å²) in [5.74, 6) is 0. The van der Waals surface area contributed by atoms with Crippen molar-refractivity contribution in [2.75, 3.05) is 0 Å². The van der Waals surface area contributed by atoms with Gasteiger partial charge in [0, 0.05) is 0 Å². The average molecular weight is 268 g/mol. The van der Waals surface area contributed by atoms with Gasteiger partial charge >= 0.3 is 0 Å². The zero-order chi connectivity index (χ0) is 14.2. The van der Waals surface area contributed by atoms with E-state index in [1.807, 2.05) is 0 Å². The van der Waals surface area contributed by atoms with Crippen molar-refractivity contribution in [3.8, 4) is 11.1 Å². The predicted octanol–water partition coefficient (Wildman–Crippen LogP) is 5.97. The minimum Gasteiger partial charge on any atom is -0.0616 e. The van der Waals surface area contributed by atoms with Gasteiger partial charge in [-0.1, -0.05) is 84.4 Å². The van der Waals surface area contributed by atoms with E-state index in [0.29, 0.717) is 0 Å². The monoisotopic (exact) mass is 268 g/mol. The third-order valence-corrected chi connectivity index (χ3v) is 4.12. The summed E-state index contributed by atoms with van der Waals surface area (Å²) in [4.78, 5) is 0. The first-order valence-electron chi connectivity index (χ1n) is 7.30. The van der Waals surface area contributed by atoms with Crippen LogP contribution in [0.4, 0.5) is 0 Å². The van der Waals surface area contributed by atoms with Gasteiger partial charge in [-0.15, -0.1) is 0 Å². The van der Waals surface area contributed by atoms with Gasteiger partial charge in [0.05, 0.1) is 0 Å². The molecule has 0 heteroatoms. The van der Waals surface area contributed by atoms with Gasteiger partial charge in [0.15, 0.2) is 0 Å². The van der Waals surface area contributed by atoms with Gasteiger partial charge in [-0.3, -0.25) is 0 Å². The smallest absolute Gasteiger partial charge is 0.00992 e. The molecule has 0 saturated heterocycles. The Bertz CT molecular complexity index is 943. The lowest BCUT2D eigenvalue weighted by Crippen LogP contribution is -1.84. The molecule has 0 amide bonds. The van der Waals surface area contributed by atoms with Gasteiger partial charge in [-0.25, -0.2) is 0 Å². The fourth-order valence-electron chi connectivity index (χ4n) is 3.10. The maximum absolute atomic E-state index is 2.25. The first-order chi connectivity index (χ1) is 10.3. The van der Waals surface area contributed by atoms with Crippen molar-refractivity contribution in [2.45, 2.75) is 6.92 Å². The van der Waals surface area contributed by atoms with Crippen LogP contribution in [0.3, 0.4) is 0 Å². The summed E-state index contributed by atoms with van der Waals surface area (Å²) < 4.78 is 0. The van der Waals surface area contributed by atoms with E-state index in [2.05, 4.69) is 85.8 Å². The van der Waals surface area contributed by atoms with E-state index in [4.69, 9.17) is 0 Å². The molecule has 0 atom stereocenters. The van der Waals surface area contributed by atoms with Crippen LogP contribution >= 0.6 is 0 Å². The van der Waals surface area contributed by atoms with Crippen LogP contribution in [-0.4, -0.2) is 0 Å². The van der Waals surface area contributed by atoms with Crippen LogP contribution in [-0.2, 0) is 0 Å². The largest absolute Gasteiger partial charge is 0.0616 e. The summed E-state index contributed by atoms with van der Waals surface area (Å²) >= 11 is 0. The van der Waals surface area contributed by atoms with Crippen LogP contribution in [0.2, 0.25) is 0 Å². The van der Waals surface area contributed by atoms with Crippen molar-refractivity contribution in [2.24, 2.45) is 0 Å². The Kier molecular flexibility index (Phi) is 2.75. The summed E-state index contributed by atoms with van der Waals surface area (Å²) in [6.45, 7) is 2.14. The Labute approximate surface area is 124 Å². The number of fused-ring (bicyclic) bond motifs is 2. The molecule has 0 aliphatic carbocycles. The number of hydrogen-bond donors (Lipinski definition) is 0. The molecular weight excluding hydrogens is 252 g/mol. The minimum absolute atomic E-state index is 1.29. The number of aryl methyl sites for hydroxylation is 1. The fourth-order valence-corrected chi connectivity index (χ4v) is 3.10. The van der Waals surface area contributed by atoms with E-state index in [1.165, 1.54) is 38.2 Å². The number of hydrogen-bond acceptors (Lipinski definition) is 0. The highest BCUT2D eigenvalue weighted by Gasteiger charge is 2.07. The molecule has 0 aliphatic heterocycles. The number of benzene rings is 4. The Balaban J connectivity index is 2.09. The lowest BCUT2D eigenvalue weighted by atomic mass is 9.93. The Hall–Kier alpha value is -2.60. The molecule has 0 N–H and O–H groups in total. The molecule has 0 nitrogen and oxygen atoms in total. The average Bonchev–Trinajstić information content (AvgIpc) is 2.53. The molecule has 0 radical (unpaired) electrons. The molecule has 0 bridgehead atoms. The van der Waals surface area contributed by atoms with E-state index < -0.39 is 0 Å². The minimum atomic E-state index is 1.29. The van der Waals surface area contributed by atoms with Crippen molar-refractivity contribution in [3.05, 3.63) is 84.4 Å². The zero-order valence-corrected chi connectivity index (χ0v) is 12.0. The van der Waals surface area contributed by atoms with Crippen molar-refractivity contribution in [3.63, 3.8) is 0 Å². The van der Waals surface area contributed by atoms with Gasteiger partial charge in [0.1, 0.15) is 0 Å². The Morgan fingerprint density at radius 1 is 0.524 bits per heavy atom. The first kappa shape index (κ1) is 12.2. The third kappa shape index (κ3) is 2.00. The molecule has 21 heavy (non-hydrogen) atoms. The lowest BCUT2D eigenvalue weighted by molar-refractivity contribution is 1.50. The van der Waals surface area contributed by atoms with E-state index in [-0.39, 0.29) is 0 Å². The summed E-state index contributed by atoms with van der Waals surface area (Å²) in [6, 6.07) is 28.4. The number of rotatable bonds is 1. The predicted molar refractivity (Wildman–Crippen MR) is 91.6 cm³/mol. The SMILES string of the molecule is Cc1ccc2c(-c3cccc4ccccc34)cccc2c1. The summed E-state index contributed by atoms with van der Waals surface area (Å²) in [5.41, 5.74) is 3.92. The molecular formula is C21H16. The topological polar surface area (TPSA) is 0 Å². The standard InChI is InChI=1S/C21H16/c1-15-12-13-19-17(14-15)8-5-11-21(19)20-10-4-7-16-6-2-3-9-18(16)20/h2-14H,1H3. The van der Waals surface area contributed by atoms with E-state index >= 15 is 0 Å². The maximum Gasteiger partial charge on any atom is -0.00992 e. The molecule has 0 aliphatic rings. The normalized spacial score (nSPS) is 11.1. The van der Waals surface area contributed by atoms with Gasteiger partial charge < -0.3 is 0 Å². The zero-order valence-electron chi connectivity index (χ0n) is 12.0. The van der Waals surface area contributed by atoms with E-state index in [1.54, 1.807) is 0 Å². The molecule has 4 rings (SSSR count). The third-order valence-electron chi connectivity index (χ3n) is 4.12. The van der Waals surface area contributed by atoms with Crippen LogP contribution in [0.1, 0.15) is 5.56 Å². The molecule has 0 fully saturated rings. The molecule has 0 spiro atoms. The van der Waals surface area contributed by atoms with Gasteiger partial charge in [-0.05, 0) is 39.6 Å². The highest BCUT2D eigenvalue weighted by Crippen LogP contribution is 2.33. The quantitative estimate of drug-likeness (QED) is 0.399. The maximum atomic E-state index is 2.25. The van der Waals surface area contributed by atoms with Gasteiger partial charge in [-0.2, -0.15) is 0 Å². The van der Waals surface area contributed by atoms with E-state index in [9.17, 15) is 0 Å². The molecule has 0 heterocycles. The molecule has 0 unspecified atom stereocenters. The van der Waals surface area contributed by atoms with Crippen LogP contribution < -0.4 is 0 Å². The molecule has 4 aromatic rings. The summed E-state index contributed by atoms with van der Waals surface area (Å²) in [7, 11) is 0. The van der Waals surface area contributed by atoms with Crippen molar-refractivity contribution in [1.29, 1.82) is 0 Å². The van der Waals surface area contributed by atoms with E-state index in [0.717, 1.165) is 0 Å². The van der Waals surface area contributed by atoms with Crippen LogP contribution in [0.15, 0.2) is 78.9 Å². The van der Waals surface area contributed by atoms with Crippen molar-refractivity contribution in [1.82, 2.24) is 0 Å². The molecule has 0 aromatic heterocycles. The van der Waals surface area contributed by atoms with Crippen molar-refractivity contribution < 1.29 is 0 Å². The molecule has 4 aromatic carbocycles. The van der Waals surface area contributed by atoms with Crippen LogP contribution in [0.25, 0.3) is 32.7 Å². The molecule has 0 saturated carbocycles. The van der Waals surface area contributed by atoms with Gasteiger partial charge in [0.2, 0.25) is 0 Å². The van der Waals surface area contributed by atoms with Gasteiger partial charge in [0.25, 0.3) is 0 Å². The highest BCUT2D eigenvalue weighted by molar-refractivity contribution is 6.05. The Morgan fingerprint density at radius 2 is 1.14 bits per heavy atom. The van der Waals surface area contributed by atoms with Crippen molar-refractivity contribution >= 4 is 21.5 Å². The summed E-state index contributed by atoms with van der Waals surface area (Å²) in [5, 5.41) is 5.23. The second kappa shape index (κ2) is 4.75. The fraction of sp³-hybridized carbons (Fsp3) is 0.0476. The second-order valence-corrected chi connectivity index (χ2v) is 5.56. The Morgan fingerprint density at radius 3 is 1.95 bits per heavy atom. The molecule has 100 valence electrons. The van der Waals surface area contributed by atoms with Crippen LogP contribution in [0, 0.1) is 6.92 Å². The summed E-state index contributed by atoms with van der Waals surface area (Å²) in [6.07, 6.45) is 0.